The summed E-state index contributed by atoms with van der Waals surface area (Å²) in [6.45, 7) is 10.0. The quantitative estimate of drug-likeness (QED) is 0.279. The van der Waals surface area contributed by atoms with Gasteiger partial charge in [0.1, 0.15) is 17.7 Å². The van der Waals surface area contributed by atoms with Crippen molar-refractivity contribution in [3.63, 3.8) is 0 Å². The fourth-order valence-electron chi connectivity index (χ4n) is 1.97. The normalized spacial score (nSPS) is 12.5. The first-order valence-electron chi connectivity index (χ1n) is 8.13. The topological polar surface area (TPSA) is 114 Å². The number of benzene rings is 1. The largest absolute Gasteiger partial charge is 0.459 e. The first-order chi connectivity index (χ1) is 11.8. The predicted molar refractivity (Wildman–Crippen MR) is 98.4 cm³/mol. The van der Waals surface area contributed by atoms with Crippen molar-refractivity contribution in [2.75, 3.05) is 11.4 Å². The van der Waals surface area contributed by atoms with Crippen LogP contribution in [0.4, 0.5) is 10.5 Å². The maximum absolute atomic E-state index is 12.6. The van der Waals surface area contributed by atoms with Gasteiger partial charge in [0.2, 0.25) is 0 Å². The van der Waals surface area contributed by atoms with E-state index in [-0.39, 0.29) is 12.4 Å². The van der Waals surface area contributed by atoms with Gasteiger partial charge in [0.05, 0.1) is 0 Å². The van der Waals surface area contributed by atoms with Crippen LogP contribution in [0.15, 0.2) is 29.4 Å². The number of hydrogen-bond donors (Lipinski definition) is 2. The smallest absolute Gasteiger partial charge is 0.415 e. The zero-order chi connectivity index (χ0) is 20.1. The molecule has 0 bridgehead atoms. The van der Waals surface area contributed by atoms with Crippen molar-refractivity contribution < 1.29 is 24.3 Å². The lowest BCUT2D eigenvalue weighted by Gasteiger charge is -2.28. The van der Waals surface area contributed by atoms with Crippen molar-refractivity contribution in [1.82, 2.24) is 0 Å². The highest BCUT2D eigenvalue weighted by Gasteiger charge is 2.28. The Morgan fingerprint density at radius 1 is 1.12 bits per heavy atom. The first-order valence-corrected chi connectivity index (χ1v) is 8.13. The second kappa shape index (κ2) is 8.07. The molecule has 0 aromatic heterocycles. The Balaban J connectivity index is 3.19. The van der Waals surface area contributed by atoms with Crippen LogP contribution >= 0.6 is 0 Å². The van der Waals surface area contributed by atoms with Gasteiger partial charge in [-0.1, -0.05) is 17.3 Å². The summed E-state index contributed by atoms with van der Waals surface area (Å²) in [6.07, 6.45) is -0.708. The molecule has 8 nitrogen and oxygen atoms in total. The molecular weight excluding hydrogens is 338 g/mol. The number of esters is 1. The minimum absolute atomic E-state index is 0.117. The average Bonchev–Trinajstić information content (AvgIpc) is 2.48. The lowest BCUT2D eigenvalue weighted by molar-refractivity contribution is -0.153. The number of carbonyl (C=O) groups is 2. The molecule has 0 aliphatic heterocycles. The summed E-state index contributed by atoms with van der Waals surface area (Å²) in [6, 6.07) is 6.36. The molecule has 0 aliphatic rings. The van der Waals surface area contributed by atoms with Crippen molar-refractivity contribution >= 4 is 23.6 Å². The minimum atomic E-state index is -0.744. The van der Waals surface area contributed by atoms with E-state index < -0.39 is 23.3 Å². The summed E-state index contributed by atoms with van der Waals surface area (Å²) in [7, 11) is 0. The van der Waals surface area contributed by atoms with E-state index in [0.29, 0.717) is 11.3 Å². The summed E-state index contributed by atoms with van der Waals surface area (Å²) in [4.78, 5) is 26.0. The van der Waals surface area contributed by atoms with E-state index in [1.165, 1.54) is 6.07 Å². The molecule has 0 unspecified atom stereocenters. The Hall–Kier alpha value is -2.77. The fourth-order valence-corrected chi connectivity index (χ4v) is 1.97. The van der Waals surface area contributed by atoms with Crippen LogP contribution in [0.25, 0.3) is 0 Å². The Morgan fingerprint density at radius 2 is 1.69 bits per heavy atom. The van der Waals surface area contributed by atoms with E-state index in [2.05, 4.69) is 5.16 Å². The molecule has 144 valence electrons. The van der Waals surface area contributed by atoms with Crippen molar-refractivity contribution in [2.24, 2.45) is 10.9 Å². The van der Waals surface area contributed by atoms with Gasteiger partial charge in [0, 0.05) is 11.3 Å². The second-order valence-corrected chi connectivity index (χ2v) is 7.69. The van der Waals surface area contributed by atoms with Gasteiger partial charge in [0.15, 0.2) is 5.84 Å². The Bertz CT molecular complexity index is 687. The van der Waals surface area contributed by atoms with Crippen molar-refractivity contribution in [3.05, 3.63) is 29.8 Å². The van der Waals surface area contributed by atoms with E-state index in [4.69, 9.17) is 20.4 Å². The van der Waals surface area contributed by atoms with E-state index >= 15 is 0 Å². The SMILES string of the molecule is CC(C)(C)OC(=O)CN(C(=O)OC(C)(C)C)c1cccc(/C(N)=N/O)c1. The molecule has 0 spiro atoms. The van der Waals surface area contributed by atoms with Crippen LogP contribution in [0.2, 0.25) is 0 Å². The summed E-state index contributed by atoms with van der Waals surface area (Å²) in [5, 5.41) is 11.8. The number of amidine groups is 1. The van der Waals surface area contributed by atoms with E-state index in [1.807, 2.05) is 0 Å². The second-order valence-electron chi connectivity index (χ2n) is 7.69. The van der Waals surface area contributed by atoms with Crippen LogP contribution in [0.1, 0.15) is 47.1 Å². The van der Waals surface area contributed by atoms with Crippen LogP contribution < -0.4 is 10.6 Å². The molecule has 0 heterocycles. The van der Waals surface area contributed by atoms with Crippen LogP contribution in [0.3, 0.4) is 0 Å². The number of rotatable bonds is 4. The van der Waals surface area contributed by atoms with Gasteiger partial charge >= 0.3 is 12.1 Å². The van der Waals surface area contributed by atoms with Crippen LogP contribution in [-0.2, 0) is 14.3 Å². The molecule has 0 saturated heterocycles. The third-order valence-electron chi connectivity index (χ3n) is 2.88. The molecule has 3 N–H and O–H groups in total. The summed E-state index contributed by atoms with van der Waals surface area (Å²) in [5.74, 6) is -0.703. The highest BCUT2D eigenvalue weighted by atomic mass is 16.6. The number of nitrogens with zero attached hydrogens (tertiary/aromatic N) is 2. The number of ether oxygens (including phenoxy) is 2. The average molecular weight is 365 g/mol. The van der Waals surface area contributed by atoms with Crippen LogP contribution in [0.5, 0.6) is 0 Å². The van der Waals surface area contributed by atoms with Crippen molar-refractivity contribution in [2.45, 2.75) is 52.7 Å². The monoisotopic (exact) mass is 365 g/mol. The molecule has 0 atom stereocenters. The third kappa shape index (κ3) is 7.00. The van der Waals surface area contributed by atoms with E-state index in [9.17, 15) is 9.59 Å². The highest BCUT2D eigenvalue weighted by Crippen LogP contribution is 2.20. The molecule has 0 saturated carbocycles. The number of anilines is 1. The molecule has 8 heteroatoms. The van der Waals surface area contributed by atoms with E-state index in [1.54, 1.807) is 59.7 Å². The van der Waals surface area contributed by atoms with Crippen LogP contribution in [0, 0.1) is 0 Å². The Kier molecular flexibility index (Phi) is 6.60. The lowest BCUT2D eigenvalue weighted by Crippen LogP contribution is -2.42. The molecule has 26 heavy (non-hydrogen) atoms. The zero-order valence-electron chi connectivity index (χ0n) is 16.1. The first kappa shape index (κ1) is 21.3. The third-order valence-corrected chi connectivity index (χ3v) is 2.88. The molecule has 0 radical (unpaired) electrons. The number of hydrogen-bond acceptors (Lipinski definition) is 6. The molecule has 1 rings (SSSR count). The van der Waals surface area contributed by atoms with Crippen molar-refractivity contribution in [1.29, 1.82) is 0 Å². The lowest BCUT2D eigenvalue weighted by atomic mass is 10.1. The molecule has 1 aromatic carbocycles. The maximum atomic E-state index is 12.6. The van der Waals surface area contributed by atoms with Gasteiger partial charge in [-0.3, -0.25) is 9.69 Å². The van der Waals surface area contributed by atoms with Crippen LogP contribution in [-0.4, -0.2) is 40.9 Å². The molecule has 0 aliphatic carbocycles. The molecule has 1 amide bonds. The molecule has 0 fully saturated rings. The Labute approximate surface area is 153 Å². The van der Waals surface area contributed by atoms with Gasteiger partial charge in [-0.05, 0) is 53.7 Å². The summed E-state index contributed by atoms with van der Waals surface area (Å²) in [5.41, 5.74) is 4.91. The number of amides is 1. The number of oxime groups is 1. The molecular formula is C18H27N3O5. The predicted octanol–water partition coefficient (Wildman–Crippen LogP) is 2.86. The van der Waals surface area contributed by atoms with Gasteiger partial charge in [0.25, 0.3) is 0 Å². The standard InChI is InChI=1S/C18H27N3O5/c1-17(2,3)25-14(22)11-21(16(23)26-18(4,5)6)13-9-7-8-12(10-13)15(19)20-24/h7-10,24H,11H2,1-6H3,(H2,19,20). The minimum Gasteiger partial charge on any atom is -0.459 e. The summed E-state index contributed by atoms with van der Waals surface area (Å²) >= 11 is 0. The molecule has 1 aromatic rings. The van der Waals surface area contributed by atoms with Gasteiger partial charge in [-0.25, -0.2) is 4.79 Å². The zero-order valence-corrected chi connectivity index (χ0v) is 16.1. The maximum Gasteiger partial charge on any atom is 0.415 e. The summed E-state index contributed by atoms with van der Waals surface area (Å²) < 4.78 is 10.7. The Morgan fingerprint density at radius 3 is 2.19 bits per heavy atom. The fraction of sp³-hybridized carbons (Fsp3) is 0.500. The van der Waals surface area contributed by atoms with Gasteiger partial charge in [-0.2, -0.15) is 0 Å². The van der Waals surface area contributed by atoms with Gasteiger partial charge < -0.3 is 20.4 Å². The number of nitrogens with two attached hydrogens (primary N) is 1. The van der Waals surface area contributed by atoms with Gasteiger partial charge in [-0.15, -0.1) is 0 Å². The van der Waals surface area contributed by atoms with E-state index in [0.717, 1.165) is 4.90 Å². The number of carbonyl (C=O) groups excluding carboxylic acids is 2. The van der Waals surface area contributed by atoms with Crippen molar-refractivity contribution in [3.8, 4) is 0 Å². The highest BCUT2D eigenvalue weighted by molar-refractivity contribution is 6.00.